The Morgan fingerprint density at radius 2 is 1.95 bits per heavy atom. The third kappa shape index (κ3) is 6.42. The van der Waals surface area contributed by atoms with Crippen molar-refractivity contribution in [3.05, 3.63) is 0 Å². The Morgan fingerprint density at radius 1 is 1.21 bits per heavy atom. The standard InChI is InChI=1S/C16H30O3/c1-4-6-8-10-15(18-13(3)17)16-12-11-14(19-16)9-7-5-2/h14-16H,4-12H2,1-3H3/t14-,15+,16+/m0/s1. The lowest BCUT2D eigenvalue weighted by Gasteiger charge is -2.23. The first-order valence-electron chi connectivity index (χ1n) is 8.00. The summed E-state index contributed by atoms with van der Waals surface area (Å²) in [5.41, 5.74) is 0. The molecule has 3 atom stereocenters. The van der Waals surface area contributed by atoms with Crippen molar-refractivity contribution in [2.24, 2.45) is 0 Å². The lowest BCUT2D eigenvalue weighted by Crippen LogP contribution is -2.31. The number of carbonyl (C=O) groups is 1. The SMILES string of the molecule is CCCCC[C@@H](OC(C)=O)[C@H]1CC[C@H](CCCC)O1. The fourth-order valence-electron chi connectivity index (χ4n) is 2.78. The minimum absolute atomic E-state index is 0.0318. The summed E-state index contributed by atoms with van der Waals surface area (Å²) in [5.74, 6) is -0.179. The van der Waals surface area contributed by atoms with Crippen LogP contribution in [0, 0.1) is 0 Å². The van der Waals surface area contributed by atoms with E-state index in [4.69, 9.17) is 9.47 Å². The van der Waals surface area contributed by atoms with Gasteiger partial charge in [0.05, 0.1) is 12.2 Å². The van der Waals surface area contributed by atoms with Crippen LogP contribution in [0.5, 0.6) is 0 Å². The van der Waals surface area contributed by atoms with Crippen LogP contribution in [0.1, 0.15) is 78.6 Å². The average molecular weight is 270 g/mol. The Kier molecular flexibility index (Phi) is 8.11. The van der Waals surface area contributed by atoms with Gasteiger partial charge in [0.1, 0.15) is 6.10 Å². The maximum atomic E-state index is 11.2. The monoisotopic (exact) mass is 270 g/mol. The molecule has 0 N–H and O–H groups in total. The van der Waals surface area contributed by atoms with Gasteiger partial charge in [-0.1, -0.05) is 39.5 Å². The van der Waals surface area contributed by atoms with Crippen LogP contribution in [0.15, 0.2) is 0 Å². The maximum absolute atomic E-state index is 11.2. The van der Waals surface area contributed by atoms with Gasteiger partial charge in [-0.15, -0.1) is 0 Å². The van der Waals surface area contributed by atoms with Gasteiger partial charge in [-0.25, -0.2) is 0 Å². The Balaban J connectivity index is 2.39. The maximum Gasteiger partial charge on any atom is 0.302 e. The van der Waals surface area contributed by atoms with E-state index in [1.165, 1.54) is 32.6 Å². The Morgan fingerprint density at radius 3 is 2.58 bits per heavy atom. The molecule has 0 amide bonds. The molecule has 1 rings (SSSR count). The molecule has 1 saturated heterocycles. The molecule has 1 heterocycles. The predicted octanol–water partition coefficient (Wildman–Crippen LogP) is 4.24. The zero-order valence-electron chi connectivity index (χ0n) is 12.8. The first-order chi connectivity index (χ1) is 9.17. The number of hydrogen-bond acceptors (Lipinski definition) is 3. The van der Waals surface area contributed by atoms with E-state index in [1.54, 1.807) is 0 Å². The highest BCUT2D eigenvalue weighted by Crippen LogP contribution is 2.29. The summed E-state index contributed by atoms with van der Waals surface area (Å²) in [6, 6.07) is 0. The van der Waals surface area contributed by atoms with Gasteiger partial charge < -0.3 is 9.47 Å². The second-order valence-electron chi connectivity index (χ2n) is 5.66. The van der Waals surface area contributed by atoms with E-state index in [1.807, 2.05) is 0 Å². The Bertz CT molecular complexity index is 252. The van der Waals surface area contributed by atoms with Crippen LogP contribution < -0.4 is 0 Å². The lowest BCUT2D eigenvalue weighted by molar-refractivity contribution is -0.155. The number of unbranched alkanes of at least 4 members (excludes halogenated alkanes) is 3. The third-order valence-corrected chi connectivity index (χ3v) is 3.84. The second-order valence-corrected chi connectivity index (χ2v) is 5.66. The highest BCUT2D eigenvalue weighted by atomic mass is 16.6. The van der Waals surface area contributed by atoms with Crippen LogP contribution in [0.4, 0.5) is 0 Å². The van der Waals surface area contributed by atoms with Crippen molar-refractivity contribution >= 4 is 5.97 Å². The van der Waals surface area contributed by atoms with Crippen LogP contribution in [-0.4, -0.2) is 24.3 Å². The van der Waals surface area contributed by atoms with Crippen LogP contribution >= 0.6 is 0 Å². The molecule has 3 heteroatoms. The van der Waals surface area contributed by atoms with Crippen molar-refractivity contribution in [1.29, 1.82) is 0 Å². The molecule has 112 valence electrons. The van der Waals surface area contributed by atoms with Crippen molar-refractivity contribution in [2.45, 2.75) is 96.9 Å². The average Bonchev–Trinajstić information content (AvgIpc) is 2.83. The molecular weight excluding hydrogens is 240 g/mol. The number of rotatable bonds is 9. The minimum Gasteiger partial charge on any atom is -0.460 e. The molecule has 0 bridgehead atoms. The van der Waals surface area contributed by atoms with E-state index in [-0.39, 0.29) is 18.2 Å². The van der Waals surface area contributed by atoms with Gasteiger partial charge in [0.15, 0.2) is 0 Å². The van der Waals surface area contributed by atoms with Gasteiger partial charge in [-0.05, 0) is 32.1 Å². The van der Waals surface area contributed by atoms with Crippen LogP contribution in [0.2, 0.25) is 0 Å². The summed E-state index contributed by atoms with van der Waals surface area (Å²) in [5, 5.41) is 0. The fourth-order valence-corrected chi connectivity index (χ4v) is 2.78. The largest absolute Gasteiger partial charge is 0.460 e. The topological polar surface area (TPSA) is 35.5 Å². The van der Waals surface area contributed by atoms with Gasteiger partial charge in [-0.2, -0.15) is 0 Å². The summed E-state index contributed by atoms with van der Waals surface area (Å²) < 4.78 is 11.5. The van der Waals surface area contributed by atoms with Crippen molar-refractivity contribution in [3.8, 4) is 0 Å². The molecule has 19 heavy (non-hydrogen) atoms. The summed E-state index contributed by atoms with van der Waals surface area (Å²) in [6.07, 6.45) is 10.7. The molecule has 0 spiro atoms. The van der Waals surface area contributed by atoms with E-state index in [2.05, 4.69) is 13.8 Å². The highest BCUT2D eigenvalue weighted by Gasteiger charge is 2.32. The molecule has 1 aliphatic rings. The molecule has 0 saturated carbocycles. The van der Waals surface area contributed by atoms with E-state index in [0.29, 0.717) is 6.10 Å². The van der Waals surface area contributed by atoms with Gasteiger partial charge in [0.25, 0.3) is 0 Å². The van der Waals surface area contributed by atoms with Gasteiger partial charge in [-0.3, -0.25) is 4.79 Å². The molecular formula is C16H30O3. The Hall–Kier alpha value is -0.570. The van der Waals surface area contributed by atoms with Crippen molar-refractivity contribution in [1.82, 2.24) is 0 Å². The van der Waals surface area contributed by atoms with E-state index >= 15 is 0 Å². The van der Waals surface area contributed by atoms with Gasteiger partial charge in [0.2, 0.25) is 0 Å². The predicted molar refractivity (Wildman–Crippen MR) is 77.1 cm³/mol. The zero-order valence-corrected chi connectivity index (χ0v) is 12.8. The molecule has 1 aliphatic heterocycles. The molecule has 0 aromatic heterocycles. The van der Waals surface area contributed by atoms with E-state index in [0.717, 1.165) is 32.1 Å². The number of ether oxygens (including phenoxy) is 2. The van der Waals surface area contributed by atoms with Crippen molar-refractivity contribution < 1.29 is 14.3 Å². The van der Waals surface area contributed by atoms with Gasteiger partial charge in [0, 0.05) is 6.92 Å². The molecule has 1 fully saturated rings. The molecule has 0 unspecified atom stereocenters. The van der Waals surface area contributed by atoms with Crippen molar-refractivity contribution in [2.75, 3.05) is 0 Å². The highest BCUT2D eigenvalue weighted by molar-refractivity contribution is 5.66. The van der Waals surface area contributed by atoms with Crippen molar-refractivity contribution in [3.63, 3.8) is 0 Å². The molecule has 0 aromatic carbocycles. The smallest absolute Gasteiger partial charge is 0.302 e. The van der Waals surface area contributed by atoms with Crippen LogP contribution in [0.3, 0.4) is 0 Å². The second kappa shape index (κ2) is 9.35. The van der Waals surface area contributed by atoms with Crippen LogP contribution in [-0.2, 0) is 14.3 Å². The Labute approximate surface area is 118 Å². The lowest BCUT2D eigenvalue weighted by atomic mass is 10.0. The normalized spacial score (nSPS) is 24.4. The summed E-state index contributed by atoms with van der Waals surface area (Å²) in [6.45, 7) is 5.89. The third-order valence-electron chi connectivity index (χ3n) is 3.84. The first-order valence-corrected chi connectivity index (χ1v) is 8.00. The molecule has 0 radical (unpaired) electrons. The first kappa shape index (κ1) is 16.5. The summed E-state index contributed by atoms with van der Waals surface area (Å²) in [4.78, 5) is 11.2. The number of esters is 1. The number of hydrogen-bond donors (Lipinski definition) is 0. The number of carbonyl (C=O) groups excluding carboxylic acids is 1. The quantitative estimate of drug-likeness (QED) is 0.464. The minimum atomic E-state index is -0.179. The summed E-state index contributed by atoms with van der Waals surface area (Å²) >= 11 is 0. The molecule has 0 aliphatic carbocycles. The van der Waals surface area contributed by atoms with Gasteiger partial charge >= 0.3 is 5.97 Å². The molecule has 3 nitrogen and oxygen atoms in total. The van der Waals surface area contributed by atoms with E-state index in [9.17, 15) is 4.79 Å². The molecule has 0 aromatic rings. The fraction of sp³-hybridized carbons (Fsp3) is 0.938. The van der Waals surface area contributed by atoms with E-state index < -0.39 is 0 Å². The summed E-state index contributed by atoms with van der Waals surface area (Å²) in [7, 11) is 0. The zero-order chi connectivity index (χ0) is 14.1. The van der Waals surface area contributed by atoms with Crippen LogP contribution in [0.25, 0.3) is 0 Å².